The van der Waals surface area contributed by atoms with Crippen molar-refractivity contribution in [3.8, 4) is 11.5 Å². The average molecular weight is 269 g/mol. The van der Waals surface area contributed by atoms with Gasteiger partial charge in [0.25, 0.3) is 0 Å². The monoisotopic (exact) mass is 269 g/mol. The first-order valence-corrected chi connectivity index (χ1v) is 6.52. The van der Waals surface area contributed by atoms with Crippen LogP contribution in [0.25, 0.3) is 0 Å². The van der Waals surface area contributed by atoms with Crippen LogP contribution in [0.15, 0.2) is 54.6 Å². The van der Waals surface area contributed by atoms with Gasteiger partial charge in [-0.1, -0.05) is 30.3 Å². The van der Waals surface area contributed by atoms with E-state index in [1.54, 1.807) is 0 Å². The fourth-order valence-corrected chi connectivity index (χ4v) is 2.11. The lowest BCUT2D eigenvalue weighted by molar-refractivity contribution is -0.133. The molecule has 1 amide bonds. The zero-order valence-electron chi connectivity index (χ0n) is 10.9. The Morgan fingerprint density at radius 2 is 1.85 bits per heavy atom. The molecule has 1 fully saturated rings. The topological polar surface area (TPSA) is 47.6 Å². The number of rotatable bonds is 3. The van der Waals surface area contributed by atoms with Gasteiger partial charge in [-0.15, -0.1) is 0 Å². The molecule has 1 heterocycles. The smallest absolute Gasteiger partial charge is 0.246 e. The van der Waals surface area contributed by atoms with Crippen LogP contribution in [0.5, 0.6) is 11.5 Å². The molecule has 1 aliphatic rings. The maximum Gasteiger partial charge on any atom is 0.246 e. The summed E-state index contributed by atoms with van der Waals surface area (Å²) in [6.07, 6.45) is -0.118. The van der Waals surface area contributed by atoms with Crippen molar-refractivity contribution >= 4 is 5.91 Å². The van der Waals surface area contributed by atoms with Gasteiger partial charge in [0.1, 0.15) is 24.2 Å². The summed E-state index contributed by atoms with van der Waals surface area (Å²) in [4.78, 5) is 11.1. The number of para-hydroxylation sites is 1. The van der Waals surface area contributed by atoms with Gasteiger partial charge in [-0.25, -0.2) is 0 Å². The summed E-state index contributed by atoms with van der Waals surface area (Å²) in [5.74, 6) is 1.48. The molecule has 0 spiro atoms. The fourth-order valence-electron chi connectivity index (χ4n) is 2.11. The van der Waals surface area contributed by atoms with Crippen molar-refractivity contribution in [3.05, 3.63) is 60.2 Å². The Balaban J connectivity index is 1.74. The molecule has 4 nitrogen and oxygen atoms in total. The highest BCUT2D eigenvalue weighted by Gasteiger charge is 2.20. The van der Waals surface area contributed by atoms with Crippen LogP contribution in [0.1, 0.15) is 11.7 Å². The van der Waals surface area contributed by atoms with Crippen molar-refractivity contribution < 1.29 is 14.3 Å². The van der Waals surface area contributed by atoms with Gasteiger partial charge in [0.2, 0.25) is 5.91 Å². The lowest BCUT2D eigenvalue weighted by Crippen LogP contribution is -2.38. The van der Waals surface area contributed by atoms with Crippen molar-refractivity contribution in [3.63, 3.8) is 0 Å². The third-order valence-electron chi connectivity index (χ3n) is 3.11. The second kappa shape index (κ2) is 5.75. The molecule has 0 radical (unpaired) electrons. The summed E-state index contributed by atoms with van der Waals surface area (Å²) in [6.45, 7) is 0.599. The molecule has 1 atom stereocenters. The average Bonchev–Trinajstić information content (AvgIpc) is 2.49. The number of benzene rings is 2. The predicted molar refractivity (Wildman–Crippen MR) is 74.7 cm³/mol. The van der Waals surface area contributed by atoms with E-state index >= 15 is 0 Å². The molecule has 2 aromatic carbocycles. The number of ether oxygens (including phenoxy) is 2. The number of carbonyl (C=O) groups is 1. The third kappa shape index (κ3) is 2.97. The second-order valence-electron chi connectivity index (χ2n) is 4.59. The van der Waals surface area contributed by atoms with E-state index < -0.39 is 0 Å². The molecule has 0 aromatic heterocycles. The highest BCUT2D eigenvalue weighted by atomic mass is 16.5. The molecule has 4 heteroatoms. The SMILES string of the molecule is O=C1COC(c2cccc(Oc3ccccc3)c2)CN1. The number of morpholine rings is 1. The molecule has 1 saturated heterocycles. The Kier molecular flexibility index (Phi) is 3.65. The van der Waals surface area contributed by atoms with Crippen molar-refractivity contribution in [2.75, 3.05) is 13.2 Å². The Hall–Kier alpha value is -2.33. The highest BCUT2D eigenvalue weighted by Crippen LogP contribution is 2.26. The number of hydrogen-bond donors (Lipinski definition) is 1. The standard InChI is InChI=1S/C16H15NO3/c18-16-11-19-15(10-17-16)12-5-4-8-14(9-12)20-13-6-2-1-3-7-13/h1-9,15H,10-11H2,(H,17,18). The zero-order chi connectivity index (χ0) is 13.8. The minimum Gasteiger partial charge on any atom is -0.457 e. The molecule has 0 bridgehead atoms. The molecule has 20 heavy (non-hydrogen) atoms. The lowest BCUT2D eigenvalue weighted by atomic mass is 10.1. The van der Waals surface area contributed by atoms with Crippen LogP contribution in [-0.2, 0) is 9.53 Å². The minimum absolute atomic E-state index is 0.0714. The van der Waals surface area contributed by atoms with Crippen LogP contribution in [0.3, 0.4) is 0 Å². The van der Waals surface area contributed by atoms with Gasteiger partial charge in [-0.05, 0) is 29.8 Å². The molecule has 102 valence electrons. The summed E-state index contributed by atoms with van der Waals surface area (Å²) in [5, 5.41) is 2.79. The lowest BCUT2D eigenvalue weighted by Gasteiger charge is -2.23. The summed E-state index contributed by atoms with van der Waals surface area (Å²) in [5.41, 5.74) is 0.999. The van der Waals surface area contributed by atoms with Crippen LogP contribution < -0.4 is 10.1 Å². The van der Waals surface area contributed by atoms with E-state index in [1.165, 1.54) is 0 Å². The molecular weight excluding hydrogens is 254 g/mol. The summed E-state index contributed by atoms with van der Waals surface area (Å²) >= 11 is 0. The van der Waals surface area contributed by atoms with Crippen molar-refractivity contribution in [1.29, 1.82) is 0 Å². The quantitative estimate of drug-likeness (QED) is 0.932. The third-order valence-corrected chi connectivity index (χ3v) is 3.11. The van der Waals surface area contributed by atoms with Gasteiger partial charge in [-0.3, -0.25) is 4.79 Å². The van der Waals surface area contributed by atoms with E-state index in [9.17, 15) is 4.79 Å². The van der Waals surface area contributed by atoms with Gasteiger partial charge in [0, 0.05) is 6.54 Å². The van der Waals surface area contributed by atoms with E-state index in [1.807, 2.05) is 54.6 Å². The number of nitrogens with one attached hydrogen (secondary N) is 1. The van der Waals surface area contributed by atoms with Crippen LogP contribution in [0.4, 0.5) is 0 Å². The highest BCUT2D eigenvalue weighted by molar-refractivity contribution is 5.77. The van der Waals surface area contributed by atoms with E-state index in [0.717, 1.165) is 17.1 Å². The van der Waals surface area contributed by atoms with Crippen LogP contribution in [-0.4, -0.2) is 19.1 Å². The number of amides is 1. The largest absolute Gasteiger partial charge is 0.457 e. The maximum absolute atomic E-state index is 11.1. The van der Waals surface area contributed by atoms with Gasteiger partial charge >= 0.3 is 0 Å². The van der Waals surface area contributed by atoms with Crippen molar-refractivity contribution in [1.82, 2.24) is 5.32 Å². The van der Waals surface area contributed by atoms with E-state index in [-0.39, 0.29) is 18.6 Å². The Morgan fingerprint density at radius 3 is 2.60 bits per heavy atom. The zero-order valence-corrected chi connectivity index (χ0v) is 10.9. The molecule has 1 N–H and O–H groups in total. The van der Waals surface area contributed by atoms with Gasteiger partial charge in [-0.2, -0.15) is 0 Å². The van der Waals surface area contributed by atoms with Crippen LogP contribution in [0, 0.1) is 0 Å². The summed E-state index contributed by atoms with van der Waals surface area (Å²) < 4.78 is 11.3. The molecule has 1 aliphatic heterocycles. The second-order valence-corrected chi connectivity index (χ2v) is 4.59. The molecule has 0 aliphatic carbocycles. The minimum atomic E-state index is -0.118. The summed E-state index contributed by atoms with van der Waals surface area (Å²) in [7, 11) is 0. The van der Waals surface area contributed by atoms with Crippen molar-refractivity contribution in [2.24, 2.45) is 0 Å². The Labute approximate surface area is 117 Å². The first-order chi connectivity index (χ1) is 9.81. The fraction of sp³-hybridized carbons (Fsp3) is 0.188. The molecule has 3 rings (SSSR count). The van der Waals surface area contributed by atoms with Gasteiger partial charge < -0.3 is 14.8 Å². The van der Waals surface area contributed by atoms with E-state index in [2.05, 4.69) is 5.32 Å². The number of hydrogen-bond acceptors (Lipinski definition) is 3. The first kappa shape index (κ1) is 12.7. The normalized spacial score (nSPS) is 18.4. The predicted octanol–water partition coefficient (Wildman–Crippen LogP) is 2.67. The molecule has 0 saturated carbocycles. The van der Waals surface area contributed by atoms with Gasteiger partial charge in [0.05, 0.1) is 0 Å². The molecular formula is C16H15NO3. The van der Waals surface area contributed by atoms with Crippen molar-refractivity contribution in [2.45, 2.75) is 6.10 Å². The first-order valence-electron chi connectivity index (χ1n) is 6.52. The van der Waals surface area contributed by atoms with Crippen LogP contribution in [0.2, 0.25) is 0 Å². The Bertz CT molecular complexity index is 588. The van der Waals surface area contributed by atoms with Crippen LogP contribution >= 0.6 is 0 Å². The Morgan fingerprint density at radius 1 is 1.05 bits per heavy atom. The number of carbonyl (C=O) groups excluding carboxylic acids is 1. The molecule has 2 aromatic rings. The van der Waals surface area contributed by atoms with E-state index in [4.69, 9.17) is 9.47 Å². The maximum atomic E-state index is 11.1. The van der Waals surface area contributed by atoms with E-state index in [0.29, 0.717) is 6.54 Å². The molecule has 1 unspecified atom stereocenters. The summed E-state index contributed by atoms with van der Waals surface area (Å²) in [6, 6.07) is 17.4. The van der Waals surface area contributed by atoms with Gasteiger partial charge in [0.15, 0.2) is 0 Å².